The number of nitrogens with one attached hydrogen (secondary N) is 1. The van der Waals surface area contributed by atoms with E-state index in [-0.39, 0.29) is 11.9 Å². The van der Waals surface area contributed by atoms with Crippen LogP contribution in [0, 0.1) is 6.92 Å². The maximum Gasteiger partial charge on any atom is 0.230 e. The highest BCUT2D eigenvalue weighted by Crippen LogP contribution is 2.22. The monoisotopic (exact) mass is 255 g/mol. The third-order valence-electron chi connectivity index (χ3n) is 2.76. The van der Waals surface area contributed by atoms with Crippen molar-refractivity contribution in [3.8, 4) is 0 Å². The SMILES string of the molecule is Cc1occc1SCC(=O)NC1CCOCC1. The lowest BCUT2D eigenvalue weighted by atomic mass is 10.1. The number of hydrogen-bond donors (Lipinski definition) is 1. The molecule has 0 spiro atoms. The van der Waals surface area contributed by atoms with Crippen molar-refractivity contribution in [3.63, 3.8) is 0 Å². The maximum absolute atomic E-state index is 11.7. The van der Waals surface area contributed by atoms with E-state index in [1.54, 1.807) is 6.26 Å². The van der Waals surface area contributed by atoms with Crippen LogP contribution in [-0.4, -0.2) is 30.9 Å². The molecule has 1 aromatic heterocycles. The fraction of sp³-hybridized carbons (Fsp3) is 0.583. The average Bonchev–Trinajstić information content (AvgIpc) is 2.74. The topological polar surface area (TPSA) is 51.5 Å². The van der Waals surface area contributed by atoms with Crippen LogP contribution in [0.25, 0.3) is 0 Å². The molecule has 94 valence electrons. The van der Waals surface area contributed by atoms with Crippen molar-refractivity contribution in [2.45, 2.75) is 30.7 Å². The second-order valence-corrected chi connectivity index (χ2v) is 5.10. The molecular formula is C12H17NO3S. The van der Waals surface area contributed by atoms with Crippen LogP contribution >= 0.6 is 11.8 Å². The Morgan fingerprint density at radius 3 is 2.94 bits per heavy atom. The Morgan fingerprint density at radius 2 is 2.29 bits per heavy atom. The Balaban J connectivity index is 1.72. The quantitative estimate of drug-likeness (QED) is 0.836. The van der Waals surface area contributed by atoms with Gasteiger partial charge in [-0.2, -0.15) is 0 Å². The first-order valence-corrected chi connectivity index (χ1v) is 6.78. The zero-order chi connectivity index (χ0) is 12.1. The van der Waals surface area contributed by atoms with Crippen LogP contribution in [0.4, 0.5) is 0 Å². The normalized spacial score (nSPS) is 17.0. The molecule has 0 bridgehead atoms. The van der Waals surface area contributed by atoms with Crippen molar-refractivity contribution in [3.05, 3.63) is 18.1 Å². The molecule has 0 radical (unpaired) electrons. The summed E-state index contributed by atoms with van der Waals surface area (Å²) in [6, 6.07) is 2.17. The maximum atomic E-state index is 11.7. The largest absolute Gasteiger partial charge is 0.468 e. The molecule has 17 heavy (non-hydrogen) atoms. The smallest absolute Gasteiger partial charge is 0.230 e. The van der Waals surface area contributed by atoms with Crippen molar-refractivity contribution in [2.75, 3.05) is 19.0 Å². The Bertz CT molecular complexity index is 372. The second-order valence-electron chi connectivity index (χ2n) is 4.08. The number of furan rings is 1. The van der Waals surface area contributed by atoms with Crippen LogP contribution in [0.1, 0.15) is 18.6 Å². The van der Waals surface area contributed by atoms with Gasteiger partial charge in [-0.1, -0.05) is 0 Å². The molecule has 2 heterocycles. The zero-order valence-electron chi connectivity index (χ0n) is 9.90. The van der Waals surface area contributed by atoms with Gasteiger partial charge in [0.05, 0.1) is 12.0 Å². The first kappa shape index (κ1) is 12.5. The molecule has 1 aliphatic heterocycles. The summed E-state index contributed by atoms with van der Waals surface area (Å²) in [4.78, 5) is 12.7. The molecule has 0 aromatic carbocycles. The Labute approximate surface area is 105 Å². The van der Waals surface area contributed by atoms with Gasteiger partial charge >= 0.3 is 0 Å². The second kappa shape index (κ2) is 6.12. The predicted octanol–water partition coefficient (Wildman–Crippen LogP) is 1.98. The van der Waals surface area contributed by atoms with Gasteiger partial charge in [0.25, 0.3) is 0 Å². The molecule has 1 saturated heterocycles. The van der Waals surface area contributed by atoms with Crippen LogP contribution in [0.2, 0.25) is 0 Å². The number of thioether (sulfide) groups is 1. The highest BCUT2D eigenvalue weighted by Gasteiger charge is 2.16. The Kier molecular flexibility index (Phi) is 4.50. The first-order chi connectivity index (χ1) is 8.25. The van der Waals surface area contributed by atoms with Crippen molar-refractivity contribution >= 4 is 17.7 Å². The van der Waals surface area contributed by atoms with Crippen LogP contribution in [-0.2, 0) is 9.53 Å². The van der Waals surface area contributed by atoms with Crippen molar-refractivity contribution in [1.29, 1.82) is 0 Å². The minimum absolute atomic E-state index is 0.0856. The van der Waals surface area contributed by atoms with Crippen LogP contribution in [0.15, 0.2) is 21.6 Å². The van der Waals surface area contributed by atoms with Crippen molar-refractivity contribution in [1.82, 2.24) is 5.32 Å². The third-order valence-corrected chi connectivity index (χ3v) is 3.90. The first-order valence-electron chi connectivity index (χ1n) is 5.79. The molecule has 5 heteroatoms. The van der Waals surface area contributed by atoms with Gasteiger partial charge in [-0.05, 0) is 25.8 Å². The average molecular weight is 255 g/mol. The van der Waals surface area contributed by atoms with Gasteiger partial charge in [-0.25, -0.2) is 0 Å². The fourth-order valence-electron chi connectivity index (χ4n) is 1.78. The highest BCUT2D eigenvalue weighted by atomic mass is 32.2. The van der Waals surface area contributed by atoms with Crippen LogP contribution < -0.4 is 5.32 Å². The fourth-order valence-corrected chi connectivity index (χ4v) is 2.55. The number of carbonyl (C=O) groups excluding carboxylic acids is 1. The molecule has 1 amide bonds. The van der Waals surface area contributed by atoms with E-state index in [4.69, 9.17) is 9.15 Å². The molecule has 0 aliphatic carbocycles. The number of hydrogen-bond acceptors (Lipinski definition) is 4. The van der Waals surface area contributed by atoms with Gasteiger partial charge in [-0.15, -0.1) is 11.8 Å². The number of carbonyl (C=O) groups is 1. The molecule has 1 fully saturated rings. The van der Waals surface area contributed by atoms with Gasteiger partial charge in [0.15, 0.2) is 0 Å². The van der Waals surface area contributed by atoms with Gasteiger partial charge < -0.3 is 14.5 Å². The lowest BCUT2D eigenvalue weighted by Crippen LogP contribution is -2.39. The molecule has 1 N–H and O–H groups in total. The molecular weight excluding hydrogens is 238 g/mol. The molecule has 0 unspecified atom stereocenters. The third kappa shape index (κ3) is 3.78. The van der Waals surface area contributed by atoms with Gasteiger partial charge in [0, 0.05) is 24.2 Å². The minimum atomic E-state index is 0.0856. The van der Waals surface area contributed by atoms with E-state index in [9.17, 15) is 4.79 Å². The number of aryl methyl sites for hydroxylation is 1. The minimum Gasteiger partial charge on any atom is -0.468 e. The van der Waals surface area contributed by atoms with Crippen LogP contribution in [0.3, 0.4) is 0 Å². The summed E-state index contributed by atoms with van der Waals surface area (Å²) in [5, 5.41) is 3.03. The summed E-state index contributed by atoms with van der Waals surface area (Å²) in [6.07, 6.45) is 3.48. The summed E-state index contributed by atoms with van der Waals surface area (Å²) in [5.41, 5.74) is 0. The summed E-state index contributed by atoms with van der Waals surface area (Å²) in [7, 11) is 0. The number of rotatable bonds is 4. The molecule has 4 nitrogen and oxygen atoms in total. The van der Waals surface area contributed by atoms with Gasteiger partial charge in [0.2, 0.25) is 5.91 Å². The van der Waals surface area contributed by atoms with E-state index in [1.807, 2.05) is 13.0 Å². The lowest BCUT2D eigenvalue weighted by molar-refractivity contribution is -0.119. The van der Waals surface area contributed by atoms with E-state index >= 15 is 0 Å². The van der Waals surface area contributed by atoms with Gasteiger partial charge in [-0.3, -0.25) is 4.79 Å². The van der Waals surface area contributed by atoms with Crippen molar-refractivity contribution in [2.24, 2.45) is 0 Å². The summed E-state index contributed by atoms with van der Waals surface area (Å²) >= 11 is 1.51. The van der Waals surface area contributed by atoms with E-state index < -0.39 is 0 Å². The summed E-state index contributed by atoms with van der Waals surface area (Å²) in [6.45, 7) is 3.40. The molecule has 2 rings (SSSR count). The van der Waals surface area contributed by atoms with Gasteiger partial charge in [0.1, 0.15) is 5.76 Å². The molecule has 0 atom stereocenters. The lowest BCUT2D eigenvalue weighted by Gasteiger charge is -2.22. The Morgan fingerprint density at radius 1 is 1.53 bits per heavy atom. The molecule has 1 aliphatic rings. The van der Waals surface area contributed by atoms with Crippen LogP contribution in [0.5, 0.6) is 0 Å². The predicted molar refractivity (Wildman–Crippen MR) is 66.2 cm³/mol. The summed E-state index contributed by atoms with van der Waals surface area (Å²) in [5.74, 6) is 1.40. The number of ether oxygens (including phenoxy) is 1. The number of amides is 1. The Hall–Kier alpha value is -0.940. The van der Waals surface area contributed by atoms with E-state index in [2.05, 4.69) is 5.32 Å². The van der Waals surface area contributed by atoms with E-state index in [0.29, 0.717) is 5.75 Å². The highest BCUT2D eigenvalue weighted by molar-refractivity contribution is 8.00. The zero-order valence-corrected chi connectivity index (χ0v) is 10.7. The van der Waals surface area contributed by atoms with Crippen molar-refractivity contribution < 1.29 is 13.9 Å². The molecule has 0 saturated carbocycles. The summed E-state index contributed by atoms with van der Waals surface area (Å²) < 4.78 is 10.4. The molecule has 1 aromatic rings. The van der Waals surface area contributed by atoms with E-state index in [0.717, 1.165) is 36.7 Å². The van der Waals surface area contributed by atoms with E-state index in [1.165, 1.54) is 11.8 Å². The standard InChI is InChI=1S/C12H17NO3S/c1-9-11(4-7-16-9)17-8-12(14)13-10-2-5-15-6-3-10/h4,7,10H,2-3,5-6,8H2,1H3,(H,13,14).